The summed E-state index contributed by atoms with van der Waals surface area (Å²) < 4.78 is 53.4. The van der Waals surface area contributed by atoms with E-state index in [0.29, 0.717) is 17.8 Å². The second-order valence-corrected chi connectivity index (χ2v) is 12.6. The molecule has 7 rings (SSSR count). The highest BCUT2D eigenvalue weighted by atomic mass is 32.2. The van der Waals surface area contributed by atoms with Crippen LogP contribution in [0.3, 0.4) is 0 Å². The van der Waals surface area contributed by atoms with E-state index < -0.39 is 69.8 Å². The number of aliphatic hydroxyl groups is 1. The van der Waals surface area contributed by atoms with Gasteiger partial charge in [-0.3, -0.25) is 14.1 Å². The van der Waals surface area contributed by atoms with Crippen molar-refractivity contribution in [2.75, 3.05) is 12.4 Å². The summed E-state index contributed by atoms with van der Waals surface area (Å²) in [7, 11) is -4.14. The number of rotatable bonds is 7. The number of hydrogen-bond donors (Lipinski definition) is 2. The first kappa shape index (κ1) is 22.2. The van der Waals surface area contributed by atoms with Crippen LogP contribution in [-0.2, 0) is 38.7 Å². The highest BCUT2D eigenvalue weighted by Gasteiger charge is 2.71. The Labute approximate surface area is 192 Å². The Morgan fingerprint density at radius 1 is 0.970 bits per heavy atom. The zero-order valence-corrected chi connectivity index (χ0v) is 19.0. The van der Waals surface area contributed by atoms with Gasteiger partial charge in [0.1, 0.15) is 12.2 Å². The van der Waals surface area contributed by atoms with Crippen LogP contribution in [0.1, 0.15) is 44.9 Å². The monoisotopic (exact) mass is 486 g/mol. The van der Waals surface area contributed by atoms with Gasteiger partial charge in [0.2, 0.25) is 0 Å². The summed E-state index contributed by atoms with van der Waals surface area (Å²) in [6.45, 7) is -0.197. The first-order chi connectivity index (χ1) is 15.6. The van der Waals surface area contributed by atoms with Crippen LogP contribution < -0.4 is 0 Å². The van der Waals surface area contributed by atoms with Gasteiger partial charge in [-0.25, -0.2) is 0 Å². The molecule has 4 saturated carbocycles. The SMILES string of the molecule is O=C(OCCCS(=O)(=O)O)C1C2C(O)OC3C2OC1[C@@H]3OC(=O)C12CC3CC(CC(C3)C1)C2. The third-order valence-corrected chi connectivity index (χ3v) is 9.64. The predicted octanol–water partition coefficient (Wildman–Crippen LogP) is 0.666. The standard InChI is InChI=1S/C22H30O10S/c23-19(29-2-1-3-33(26,27)28)13-14-16-17(31-20(14)24)18(15(13)30-16)32-21(25)22-7-10-4-11(8-22)6-12(5-10)9-22/h10-18,20,24H,1-9H2,(H,26,27,28)/t10?,11?,12?,13?,14?,15?,16?,17?,18-,20?,22?/m0/s1. The Bertz CT molecular complexity index is 912. The summed E-state index contributed by atoms with van der Waals surface area (Å²) in [5.41, 5.74) is -0.459. The fraction of sp³-hybridized carbons (Fsp3) is 0.909. The van der Waals surface area contributed by atoms with Crippen LogP contribution in [0, 0.1) is 35.0 Å². The molecule has 7 aliphatic rings. The summed E-state index contributed by atoms with van der Waals surface area (Å²) in [5, 5.41) is 10.4. The molecule has 0 aromatic carbocycles. The van der Waals surface area contributed by atoms with E-state index in [0.717, 1.165) is 19.3 Å². The minimum absolute atomic E-state index is 0.0526. The van der Waals surface area contributed by atoms with Gasteiger partial charge >= 0.3 is 11.9 Å². The second kappa shape index (κ2) is 7.61. The molecule has 7 atom stereocenters. The van der Waals surface area contributed by atoms with Gasteiger partial charge in [0.25, 0.3) is 10.1 Å². The van der Waals surface area contributed by atoms with Crippen molar-refractivity contribution in [2.24, 2.45) is 35.0 Å². The van der Waals surface area contributed by atoms with Gasteiger partial charge < -0.3 is 24.1 Å². The van der Waals surface area contributed by atoms with Crippen LogP contribution in [-0.4, -0.2) is 73.1 Å². The molecule has 3 heterocycles. The summed E-state index contributed by atoms with van der Waals surface area (Å²) in [5.74, 6) is -1.15. The second-order valence-electron chi connectivity index (χ2n) is 11.0. The van der Waals surface area contributed by atoms with E-state index in [4.69, 9.17) is 23.5 Å². The minimum Gasteiger partial charge on any atom is -0.465 e. The number of hydrogen-bond acceptors (Lipinski definition) is 9. The van der Waals surface area contributed by atoms with Gasteiger partial charge in [-0.2, -0.15) is 8.42 Å². The highest BCUT2D eigenvalue weighted by Crippen LogP contribution is 2.61. The lowest BCUT2D eigenvalue weighted by molar-refractivity contribution is -0.188. The van der Waals surface area contributed by atoms with Crippen LogP contribution >= 0.6 is 0 Å². The Morgan fingerprint density at radius 2 is 1.61 bits per heavy atom. The lowest BCUT2D eigenvalue weighted by Crippen LogP contribution is -2.54. The van der Waals surface area contributed by atoms with E-state index >= 15 is 0 Å². The minimum atomic E-state index is -4.14. The van der Waals surface area contributed by atoms with Crippen molar-refractivity contribution in [2.45, 2.75) is 75.7 Å². The molecule has 2 N–H and O–H groups in total. The molecule has 7 fully saturated rings. The fourth-order valence-electron chi connectivity index (χ4n) is 8.02. The molecule has 184 valence electrons. The molecule has 3 saturated heterocycles. The molecule has 3 aliphatic heterocycles. The zero-order valence-electron chi connectivity index (χ0n) is 18.2. The van der Waals surface area contributed by atoms with Crippen molar-refractivity contribution in [1.82, 2.24) is 0 Å². The van der Waals surface area contributed by atoms with E-state index in [2.05, 4.69) is 0 Å². The lowest BCUT2D eigenvalue weighted by Gasteiger charge is -2.55. The van der Waals surface area contributed by atoms with Gasteiger partial charge in [0.15, 0.2) is 12.4 Å². The number of carbonyl (C=O) groups is 2. The van der Waals surface area contributed by atoms with Gasteiger partial charge in [-0.15, -0.1) is 0 Å². The van der Waals surface area contributed by atoms with E-state index in [1.165, 1.54) is 19.3 Å². The maximum absolute atomic E-state index is 13.5. The average Bonchev–Trinajstić information content (AvgIpc) is 3.33. The van der Waals surface area contributed by atoms with Crippen LogP contribution in [0.15, 0.2) is 0 Å². The van der Waals surface area contributed by atoms with Crippen LogP contribution in [0.25, 0.3) is 0 Å². The van der Waals surface area contributed by atoms with Crippen molar-refractivity contribution in [3.63, 3.8) is 0 Å². The molecular weight excluding hydrogens is 456 g/mol. The maximum atomic E-state index is 13.5. The third kappa shape index (κ3) is 3.62. The molecule has 0 aromatic heterocycles. The molecule has 10 nitrogen and oxygen atoms in total. The normalized spacial score (nSPS) is 48.9. The van der Waals surface area contributed by atoms with E-state index in [9.17, 15) is 23.1 Å². The molecule has 0 radical (unpaired) electrons. The molecule has 4 aliphatic carbocycles. The number of carbonyl (C=O) groups excluding carboxylic acids is 2. The van der Waals surface area contributed by atoms with Crippen molar-refractivity contribution >= 4 is 22.1 Å². The Hall–Kier alpha value is -1.27. The molecule has 0 aromatic rings. The molecule has 33 heavy (non-hydrogen) atoms. The van der Waals surface area contributed by atoms with Crippen molar-refractivity contribution < 1.29 is 46.6 Å². The summed E-state index contributed by atoms with van der Waals surface area (Å²) in [4.78, 5) is 26.3. The number of aliphatic hydroxyl groups excluding tert-OH is 1. The van der Waals surface area contributed by atoms with Gasteiger partial charge in [0.05, 0.1) is 35.7 Å². The van der Waals surface area contributed by atoms with E-state index in [-0.39, 0.29) is 19.0 Å². The van der Waals surface area contributed by atoms with Crippen LogP contribution in [0.2, 0.25) is 0 Å². The van der Waals surface area contributed by atoms with E-state index in [1.807, 2.05) is 0 Å². The van der Waals surface area contributed by atoms with Crippen LogP contribution in [0.4, 0.5) is 0 Å². The van der Waals surface area contributed by atoms with Gasteiger partial charge in [-0.05, 0) is 62.7 Å². The largest absolute Gasteiger partial charge is 0.465 e. The Morgan fingerprint density at radius 3 is 2.21 bits per heavy atom. The number of esters is 2. The van der Waals surface area contributed by atoms with Crippen molar-refractivity contribution in [1.29, 1.82) is 0 Å². The summed E-state index contributed by atoms with van der Waals surface area (Å²) >= 11 is 0. The maximum Gasteiger partial charge on any atom is 0.312 e. The number of fused-ring (bicyclic) bond motifs is 1. The molecular formula is C22H30O10S. The first-order valence-electron chi connectivity index (χ1n) is 12.0. The quantitative estimate of drug-likeness (QED) is 0.299. The van der Waals surface area contributed by atoms with Crippen molar-refractivity contribution in [3.8, 4) is 0 Å². The summed E-state index contributed by atoms with van der Waals surface area (Å²) in [6.07, 6.45) is 2.16. The zero-order chi connectivity index (χ0) is 23.1. The predicted molar refractivity (Wildman–Crippen MR) is 109 cm³/mol. The van der Waals surface area contributed by atoms with Gasteiger partial charge in [0, 0.05) is 0 Å². The molecule has 0 spiro atoms. The molecule has 6 unspecified atom stereocenters. The smallest absolute Gasteiger partial charge is 0.312 e. The third-order valence-electron chi connectivity index (χ3n) is 8.84. The fourth-order valence-corrected chi connectivity index (χ4v) is 8.51. The molecule has 0 amide bonds. The highest BCUT2D eigenvalue weighted by molar-refractivity contribution is 7.85. The van der Waals surface area contributed by atoms with Crippen molar-refractivity contribution in [3.05, 3.63) is 0 Å². The average molecular weight is 487 g/mol. The van der Waals surface area contributed by atoms with E-state index in [1.54, 1.807) is 0 Å². The Kier molecular flexibility index (Phi) is 5.12. The van der Waals surface area contributed by atoms with Gasteiger partial charge in [-0.1, -0.05) is 0 Å². The molecule has 11 heteroatoms. The lowest BCUT2D eigenvalue weighted by atomic mass is 9.49. The summed E-state index contributed by atoms with van der Waals surface area (Å²) in [6, 6.07) is 0. The molecule has 6 bridgehead atoms. The topological polar surface area (TPSA) is 146 Å². The number of ether oxygens (including phenoxy) is 4. The first-order valence-corrected chi connectivity index (χ1v) is 13.6. The van der Waals surface area contributed by atoms with Crippen LogP contribution in [0.5, 0.6) is 0 Å². The Balaban J connectivity index is 1.15.